The molecule has 0 bridgehead atoms. The average Bonchev–Trinajstić information content (AvgIpc) is 2.75. The minimum Gasteiger partial charge on any atom is -0.478 e. The zero-order chi connectivity index (χ0) is 16.7. The number of carboxylic acid groups (broad SMARTS) is 1. The van der Waals surface area contributed by atoms with E-state index in [4.69, 9.17) is 5.11 Å². The van der Waals surface area contributed by atoms with E-state index >= 15 is 0 Å². The van der Waals surface area contributed by atoms with Gasteiger partial charge in [0.2, 0.25) is 0 Å². The second kappa shape index (κ2) is 5.24. The highest BCUT2D eigenvalue weighted by atomic mass is 19.2. The van der Waals surface area contributed by atoms with Crippen LogP contribution in [-0.4, -0.2) is 22.6 Å². The van der Waals surface area contributed by atoms with Crippen molar-refractivity contribution in [2.75, 3.05) is 0 Å². The van der Waals surface area contributed by atoms with Gasteiger partial charge in [-0.15, -0.1) is 0 Å². The molecule has 0 unspecified atom stereocenters. The van der Waals surface area contributed by atoms with Crippen LogP contribution in [0.2, 0.25) is 0 Å². The smallest absolute Gasteiger partial charge is 0.335 e. The van der Waals surface area contributed by atoms with Gasteiger partial charge in [-0.2, -0.15) is 0 Å². The van der Waals surface area contributed by atoms with Crippen LogP contribution in [0.5, 0.6) is 0 Å². The third-order valence-corrected chi connectivity index (χ3v) is 3.50. The Morgan fingerprint density at radius 3 is 2.26 bits per heavy atom. The lowest BCUT2D eigenvalue weighted by Gasteiger charge is -1.98. The number of carbonyl (C=O) groups is 3. The molecule has 2 aromatic carbocycles. The van der Waals surface area contributed by atoms with E-state index in [1.165, 1.54) is 18.2 Å². The number of hydrogen-bond acceptors (Lipinski definition) is 3. The minimum absolute atomic E-state index is 0.0104. The molecule has 0 saturated carbocycles. The number of fused-ring (bicyclic) bond motifs is 1. The number of Topliss-reactive ketones (excluding diaryl/α,β-unsaturated/α-hetero) is 2. The Bertz CT molecular complexity index is 913. The molecular weight excluding hydrogens is 306 g/mol. The number of carbonyl (C=O) groups excluding carboxylic acids is 2. The molecule has 1 aliphatic rings. The molecule has 0 fully saturated rings. The quantitative estimate of drug-likeness (QED) is 0.683. The number of hydrogen-bond donors (Lipinski definition) is 1. The predicted molar refractivity (Wildman–Crippen MR) is 76.4 cm³/mol. The van der Waals surface area contributed by atoms with E-state index in [0.717, 1.165) is 24.3 Å². The van der Waals surface area contributed by atoms with Gasteiger partial charge in [0, 0.05) is 11.1 Å². The molecule has 1 N–H and O–H groups in total. The van der Waals surface area contributed by atoms with Crippen LogP contribution in [-0.2, 0) is 0 Å². The lowest BCUT2D eigenvalue weighted by molar-refractivity contribution is 0.0696. The number of rotatable bonds is 2. The van der Waals surface area contributed by atoms with Gasteiger partial charge >= 0.3 is 5.97 Å². The van der Waals surface area contributed by atoms with Crippen LogP contribution in [0.1, 0.15) is 36.6 Å². The Balaban J connectivity index is 2.07. The molecule has 6 heteroatoms. The number of aromatic carboxylic acids is 1. The first-order valence-electron chi connectivity index (χ1n) is 6.52. The molecule has 0 spiro atoms. The fourth-order valence-corrected chi connectivity index (χ4v) is 2.36. The van der Waals surface area contributed by atoms with Gasteiger partial charge in [-0.05, 0) is 42.0 Å². The van der Waals surface area contributed by atoms with E-state index in [-0.39, 0.29) is 27.8 Å². The zero-order valence-corrected chi connectivity index (χ0v) is 11.5. The van der Waals surface area contributed by atoms with Gasteiger partial charge in [0.25, 0.3) is 0 Å². The largest absolute Gasteiger partial charge is 0.478 e. The molecule has 0 atom stereocenters. The number of halogens is 2. The van der Waals surface area contributed by atoms with E-state index < -0.39 is 29.2 Å². The maximum absolute atomic E-state index is 13.2. The highest BCUT2D eigenvalue weighted by molar-refractivity contribution is 6.41. The molecular formula is C17H8F2O4. The second-order valence-corrected chi connectivity index (χ2v) is 4.96. The third-order valence-electron chi connectivity index (χ3n) is 3.50. The molecule has 0 heterocycles. The summed E-state index contributed by atoms with van der Waals surface area (Å²) in [4.78, 5) is 35.5. The van der Waals surface area contributed by atoms with Gasteiger partial charge < -0.3 is 5.11 Å². The van der Waals surface area contributed by atoms with Crippen molar-refractivity contribution < 1.29 is 28.3 Å². The Labute approximate surface area is 128 Å². The summed E-state index contributed by atoms with van der Waals surface area (Å²) in [6, 6.07) is 6.62. The van der Waals surface area contributed by atoms with Gasteiger partial charge in [-0.3, -0.25) is 9.59 Å². The van der Waals surface area contributed by atoms with Crippen molar-refractivity contribution in [2.24, 2.45) is 0 Å². The van der Waals surface area contributed by atoms with Crippen LogP contribution in [0.4, 0.5) is 8.78 Å². The molecule has 0 aromatic heterocycles. The summed E-state index contributed by atoms with van der Waals surface area (Å²) >= 11 is 0. The Morgan fingerprint density at radius 2 is 1.61 bits per heavy atom. The van der Waals surface area contributed by atoms with Crippen molar-refractivity contribution in [1.82, 2.24) is 0 Å². The summed E-state index contributed by atoms with van der Waals surface area (Å²) in [6.45, 7) is 0. The molecule has 0 amide bonds. The summed E-state index contributed by atoms with van der Waals surface area (Å²) < 4.78 is 26.1. The summed E-state index contributed by atoms with van der Waals surface area (Å²) in [5, 5.41) is 8.94. The lowest BCUT2D eigenvalue weighted by atomic mass is 10.1. The molecule has 3 rings (SSSR count). The molecule has 23 heavy (non-hydrogen) atoms. The standard InChI is InChI=1S/C17H8F2O4/c18-13-4-1-8(6-14(13)19)5-12-15(20)10-3-2-9(17(22)23)7-11(10)16(12)21/h1-7H,(H,22,23)/b12-5-. The number of allylic oxidation sites excluding steroid dienone is 1. The molecule has 2 aromatic rings. The first-order valence-corrected chi connectivity index (χ1v) is 6.52. The van der Waals surface area contributed by atoms with Crippen molar-refractivity contribution in [3.8, 4) is 0 Å². The van der Waals surface area contributed by atoms with E-state index in [0.29, 0.717) is 0 Å². The van der Waals surface area contributed by atoms with E-state index in [1.807, 2.05) is 0 Å². The van der Waals surface area contributed by atoms with Crippen molar-refractivity contribution >= 4 is 23.6 Å². The van der Waals surface area contributed by atoms with E-state index in [9.17, 15) is 23.2 Å². The normalized spacial score (nSPS) is 15.1. The van der Waals surface area contributed by atoms with Crippen molar-refractivity contribution in [3.05, 3.63) is 75.9 Å². The second-order valence-electron chi connectivity index (χ2n) is 4.96. The van der Waals surface area contributed by atoms with Gasteiger partial charge in [0.05, 0.1) is 11.1 Å². The monoisotopic (exact) mass is 314 g/mol. The van der Waals surface area contributed by atoms with Gasteiger partial charge in [-0.25, -0.2) is 13.6 Å². The van der Waals surface area contributed by atoms with Crippen LogP contribution in [0, 0.1) is 11.6 Å². The molecule has 1 aliphatic carbocycles. The molecule has 4 nitrogen and oxygen atoms in total. The fraction of sp³-hybridized carbons (Fsp3) is 0. The highest BCUT2D eigenvalue weighted by Gasteiger charge is 2.33. The van der Waals surface area contributed by atoms with Gasteiger partial charge in [0.1, 0.15) is 0 Å². The van der Waals surface area contributed by atoms with Crippen LogP contribution >= 0.6 is 0 Å². The number of benzene rings is 2. The predicted octanol–water partition coefficient (Wildman–Crippen LogP) is 3.13. The maximum atomic E-state index is 13.2. The highest BCUT2D eigenvalue weighted by Crippen LogP contribution is 2.29. The maximum Gasteiger partial charge on any atom is 0.335 e. The van der Waals surface area contributed by atoms with E-state index in [2.05, 4.69) is 0 Å². The number of ketones is 2. The van der Waals surface area contributed by atoms with Gasteiger partial charge in [-0.1, -0.05) is 6.07 Å². The van der Waals surface area contributed by atoms with Crippen molar-refractivity contribution in [2.45, 2.75) is 0 Å². The zero-order valence-electron chi connectivity index (χ0n) is 11.5. The van der Waals surface area contributed by atoms with Crippen LogP contribution < -0.4 is 0 Å². The fourth-order valence-electron chi connectivity index (χ4n) is 2.36. The summed E-state index contributed by atoms with van der Waals surface area (Å²) in [5.74, 6) is -4.57. The molecule has 0 radical (unpaired) electrons. The Kier molecular flexibility index (Phi) is 3.37. The van der Waals surface area contributed by atoms with Gasteiger partial charge in [0.15, 0.2) is 23.2 Å². The summed E-state index contributed by atoms with van der Waals surface area (Å²) in [6.07, 6.45) is 1.16. The van der Waals surface area contributed by atoms with Crippen LogP contribution in [0.3, 0.4) is 0 Å². The van der Waals surface area contributed by atoms with Crippen LogP contribution in [0.25, 0.3) is 6.08 Å². The summed E-state index contributed by atoms with van der Waals surface area (Å²) in [5.41, 5.74) is -0.0862. The van der Waals surface area contributed by atoms with Crippen molar-refractivity contribution in [1.29, 1.82) is 0 Å². The SMILES string of the molecule is O=C(O)c1ccc2c(c1)C(=O)/C(=C\c1ccc(F)c(F)c1)C2=O. The Morgan fingerprint density at radius 1 is 0.913 bits per heavy atom. The lowest BCUT2D eigenvalue weighted by Crippen LogP contribution is -2.01. The Hall–Kier alpha value is -3.15. The first kappa shape index (κ1) is 14.8. The summed E-state index contributed by atoms with van der Waals surface area (Å²) in [7, 11) is 0. The third kappa shape index (κ3) is 2.44. The number of carboxylic acids is 1. The average molecular weight is 314 g/mol. The topological polar surface area (TPSA) is 71.4 Å². The van der Waals surface area contributed by atoms with E-state index in [1.54, 1.807) is 0 Å². The first-order chi connectivity index (χ1) is 10.9. The molecule has 0 aliphatic heterocycles. The molecule has 114 valence electrons. The van der Waals surface area contributed by atoms with Crippen LogP contribution in [0.15, 0.2) is 42.0 Å². The molecule has 0 saturated heterocycles. The van der Waals surface area contributed by atoms with Crippen molar-refractivity contribution in [3.63, 3.8) is 0 Å². The minimum atomic E-state index is -1.22.